The second-order valence-corrected chi connectivity index (χ2v) is 6.29. The third-order valence-electron chi connectivity index (χ3n) is 3.20. The van der Waals surface area contributed by atoms with Crippen LogP contribution < -0.4 is 0 Å². The van der Waals surface area contributed by atoms with Crippen molar-refractivity contribution in [3.05, 3.63) is 36.5 Å². The van der Waals surface area contributed by atoms with E-state index in [0.29, 0.717) is 11.4 Å². The molecule has 4 nitrogen and oxygen atoms in total. The van der Waals surface area contributed by atoms with E-state index in [-0.39, 0.29) is 12.1 Å². The fourth-order valence-electron chi connectivity index (χ4n) is 2.14. The monoisotopic (exact) mass is 293 g/mol. The molecule has 0 amide bonds. The molecule has 0 bridgehead atoms. The Morgan fingerprint density at radius 2 is 2.25 bits per heavy atom. The minimum atomic E-state index is -1.43. The van der Waals surface area contributed by atoms with Crippen molar-refractivity contribution in [3.8, 4) is 0 Å². The first kappa shape index (κ1) is 14.9. The molecule has 1 aliphatic rings. The molecule has 108 valence electrons. The zero-order valence-electron chi connectivity index (χ0n) is 11.5. The quantitative estimate of drug-likeness (QED) is 0.618. The van der Waals surface area contributed by atoms with Gasteiger partial charge in [0, 0.05) is 12.6 Å². The van der Waals surface area contributed by atoms with Gasteiger partial charge in [-0.1, -0.05) is 25.1 Å². The highest BCUT2D eigenvalue weighted by molar-refractivity contribution is 7.86. The fourth-order valence-corrected chi connectivity index (χ4v) is 3.39. The summed E-state index contributed by atoms with van der Waals surface area (Å²) in [5, 5.41) is -0.143. The van der Waals surface area contributed by atoms with Gasteiger partial charge in [0.1, 0.15) is 16.4 Å². The lowest BCUT2D eigenvalue weighted by atomic mass is 10.1. The van der Waals surface area contributed by atoms with Gasteiger partial charge in [-0.2, -0.15) is 0 Å². The van der Waals surface area contributed by atoms with Crippen LogP contribution in [0.1, 0.15) is 32.6 Å². The molecule has 0 aromatic carbocycles. The second-order valence-electron chi connectivity index (χ2n) is 4.71. The molecule has 5 heteroatoms. The average molecular weight is 293 g/mol. The number of carbonyl (C=O) groups excluding carboxylic acids is 1. The van der Waals surface area contributed by atoms with Crippen molar-refractivity contribution in [2.24, 2.45) is 0 Å². The molecular formula is C15H19NO3S. The van der Waals surface area contributed by atoms with E-state index in [2.05, 4.69) is 18.0 Å². The van der Waals surface area contributed by atoms with Gasteiger partial charge >= 0.3 is 5.97 Å². The third kappa shape index (κ3) is 3.76. The SMILES string of the molecule is CC/C=C/CC1CCC(S(=O)c2ccccn2)C(=O)O1. The first-order valence-electron chi connectivity index (χ1n) is 6.89. The molecule has 2 rings (SSSR count). The normalized spacial score (nSPS) is 24.6. The van der Waals surface area contributed by atoms with Crippen molar-refractivity contribution in [2.45, 2.75) is 49.0 Å². The summed E-state index contributed by atoms with van der Waals surface area (Å²) in [5.74, 6) is -0.366. The molecular weight excluding hydrogens is 274 g/mol. The summed E-state index contributed by atoms with van der Waals surface area (Å²) < 4.78 is 17.7. The number of hydrogen-bond acceptors (Lipinski definition) is 4. The van der Waals surface area contributed by atoms with Crippen molar-refractivity contribution >= 4 is 16.8 Å². The predicted octanol–water partition coefficient (Wildman–Crippen LogP) is 2.62. The van der Waals surface area contributed by atoms with E-state index in [1.165, 1.54) is 0 Å². The minimum absolute atomic E-state index is 0.0812. The number of allylic oxidation sites excluding steroid dienone is 1. The van der Waals surface area contributed by atoms with Gasteiger partial charge in [0.05, 0.1) is 10.8 Å². The van der Waals surface area contributed by atoms with Crippen LogP contribution in [0.2, 0.25) is 0 Å². The van der Waals surface area contributed by atoms with Crippen molar-refractivity contribution in [1.82, 2.24) is 4.98 Å². The summed E-state index contributed by atoms with van der Waals surface area (Å²) >= 11 is 0. The summed E-state index contributed by atoms with van der Waals surface area (Å²) in [6.45, 7) is 2.06. The highest BCUT2D eigenvalue weighted by Crippen LogP contribution is 2.24. The Morgan fingerprint density at radius 3 is 2.90 bits per heavy atom. The number of hydrogen-bond donors (Lipinski definition) is 0. The van der Waals surface area contributed by atoms with E-state index in [9.17, 15) is 9.00 Å². The molecule has 0 radical (unpaired) electrons. The molecule has 1 aromatic heterocycles. The van der Waals surface area contributed by atoms with Gasteiger partial charge in [-0.15, -0.1) is 0 Å². The van der Waals surface area contributed by atoms with Crippen LogP contribution in [0.4, 0.5) is 0 Å². The van der Waals surface area contributed by atoms with Crippen LogP contribution in [-0.4, -0.2) is 26.5 Å². The molecule has 0 aliphatic carbocycles. The lowest BCUT2D eigenvalue weighted by Gasteiger charge is -2.26. The summed E-state index contributed by atoms with van der Waals surface area (Å²) in [6.07, 6.45) is 8.66. The Morgan fingerprint density at radius 1 is 1.40 bits per heavy atom. The van der Waals surface area contributed by atoms with Gasteiger partial charge in [-0.3, -0.25) is 9.00 Å². The number of aromatic nitrogens is 1. The Balaban J connectivity index is 1.95. The summed E-state index contributed by atoms with van der Waals surface area (Å²) in [4.78, 5) is 16.0. The van der Waals surface area contributed by atoms with Crippen LogP contribution in [0, 0.1) is 0 Å². The van der Waals surface area contributed by atoms with Gasteiger partial charge in [-0.25, -0.2) is 4.98 Å². The number of pyridine rings is 1. The molecule has 0 spiro atoms. The molecule has 3 atom stereocenters. The van der Waals surface area contributed by atoms with E-state index in [1.807, 2.05) is 6.08 Å². The molecule has 2 heterocycles. The third-order valence-corrected chi connectivity index (χ3v) is 4.80. The highest BCUT2D eigenvalue weighted by atomic mass is 32.2. The fraction of sp³-hybridized carbons (Fsp3) is 0.467. The van der Waals surface area contributed by atoms with Gasteiger partial charge < -0.3 is 4.74 Å². The zero-order chi connectivity index (χ0) is 14.4. The predicted molar refractivity (Wildman–Crippen MR) is 77.6 cm³/mol. The largest absolute Gasteiger partial charge is 0.461 e. The van der Waals surface area contributed by atoms with E-state index < -0.39 is 16.0 Å². The van der Waals surface area contributed by atoms with Crippen molar-refractivity contribution in [1.29, 1.82) is 0 Å². The van der Waals surface area contributed by atoms with Crippen LogP contribution in [0.5, 0.6) is 0 Å². The second kappa shape index (κ2) is 7.33. The van der Waals surface area contributed by atoms with Crippen LogP contribution in [0.25, 0.3) is 0 Å². The molecule has 0 saturated carbocycles. The van der Waals surface area contributed by atoms with Crippen LogP contribution in [-0.2, 0) is 20.3 Å². The number of cyclic esters (lactones) is 1. The van der Waals surface area contributed by atoms with E-state index in [1.54, 1.807) is 24.4 Å². The zero-order valence-corrected chi connectivity index (χ0v) is 12.3. The Hall–Kier alpha value is -1.49. The van der Waals surface area contributed by atoms with Crippen molar-refractivity contribution in [2.75, 3.05) is 0 Å². The lowest BCUT2D eigenvalue weighted by Crippen LogP contribution is -2.37. The number of carbonyl (C=O) groups is 1. The molecule has 1 aliphatic heterocycles. The maximum atomic E-state index is 12.3. The maximum Gasteiger partial charge on any atom is 0.322 e. The van der Waals surface area contributed by atoms with Crippen molar-refractivity contribution in [3.63, 3.8) is 0 Å². The summed E-state index contributed by atoms with van der Waals surface area (Å²) in [7, 11) is -1.43. The van der Waals surface area contributed by atoms with Crippen LogP contribution in [0.3, 0.4) is 0 Å². The van der Waals surface area contributed by atoms with Crippen LogP contribution >= 0.6 is 0 Å². The van der Waals surface area contributed by atoms with Crippen molar-refractivity contribution < 1.29 is 13.7 Å². The smallest absolute Gasteiger partial charge is 0.322 e. The van der Waals surface area contributed by atoms with Gasteiger partial charge in [0.2, 0.25) is 0 Å². The Bertz CT molecular complexity index is 501. The van der Waals surface area contributed by atoms with Gasteiger partial charge in [0.25, 0.3) is 0 Å². The number of rotatable bonds is 5. The van der Waals surface area contributed by atoms with Gasteiger partial charge in [0.15, 0.2) is 0 Å². The topological polar surface area (TPSA) is 56.3 Å². The van der Waals surface area contributed by atoms with Crippen LogP contribution in [0.15, 0.2) is 41.6 Å². The Kier molecular flexibility index (Phi) is 5.47. The molecule has 1 fully saturated rings. The Labute approximate surface area is 121 Å². The number of ether oxygens (including phenoxy) is 1. The number of esters is 1. The molecule has 20 heavy (non-hydrogen) atoms. The standard InChI is InChI=1S/C15H19NO3S/c1-2-3-4-7-12-9-10-13(15(17)19-12)20(18)14-8-5-6-11-16-14/h3-6,8,11-13H,2,7,9-10H2,1H3/b4-3+. The first-order valence-corrected chi connectivity index (χ1v) is 8.10. The average Bonchev–Trinajstić information content (AvgIpc) is 2.48. The van der Waals surface area contributed by atoms with E-state index in [0.717, 1.165) is 19.3 Å². The molecule has 3 unspecified atom stereocenters. The summed E-state index contributed by atoms with van der Waals surface area (Å²) in [6, 6.07) is 5.21. The first-order chi connectivity index (χ1) is 9.72. The molecule has 0 N–H and O–H groups in total. The summed E-state index contributed by atoms with van der Waals surface area (Å²) in [5.41, 5.74) is 0. The van der Waals surface area contributed by atoms with E-state index in [4.69, 9.17) is 4.74 Å². The molecule has 1 aromatic rings. The minimum Gasteiger partial charge on any atom is -0.461 e. The highest BCUT2D eigenvalue weighted by Gasteiger charge is 2.34. The van der Waals surface area contributed by atoms with Gasteiger partial charge in [-0.05, 0) is 31.4 Å². The molecule has 1 saturated heterocycles. The number of nitrogens with zero attached hydrogens (tertiary/aromatic N) is 1. The maximum absolute atomic E-state index is 12.3. The van der Waals surface area contributed by atoms with E-state index >= 15 is 0 Å². The lowest BCUT2D eigenvalue weighted by molar-refractivity contribution is -0.152.